The van der Waals surface area contributed by atoms with Gasteiger partial charge in [-0.25, -0.2) is 4.98 Å². The molecule has 110 valence electrons. The van der Waals surface area contributed by atoms with Crippen LogP contribution in [0.5, 0.6) is 11.6 Å². The largest absolute Gasteiger partial charge is 0.439 e. The smallest absolute Gasteiger partial charge is 0.238 e. The lowest BCUT2D eigenvalue weighted by Gasteiger charge is -2.08. The number of amides is 1. The molecule has 0 fully saturated rings. The van der Waals surface area contributed by atoms with Gasteiger partial charge in [-0.1, -0.05) is 6.07 Å². The highest BCUT2D eigenvalue weighted by Crippen LogP contribution is 2.22. The molecule has 0 saturated carbocycles. The summed E-state index contributed by atoms with van der Waals surface area (Å²) in [5.74, 6) is 1.13. The summed E-state index contributed by atoms with van der Waals surface area (Å²) < 4.78 is 5.69. The monoisotopic (exact) mass is 285 g/mol. The number of aromatic nitrogens is 1. The molecule has 2 N–H and O–H groups in total. The van der Waals surface area contributed by atoms with Gasteiger partial charge in [-0.15, -0.1) is 0 Å². The molecule has 2 rings (SSSR count). The van der Waals surface area contributed by atoms with Gasteiger partial charge in [0.25, 0.3) is 0 Å². The zero-order valence-corrected chi connectivity index (χ0v) is 12.4. The average molecular weight is 285 g/mol. The minimum Gasteiger partial charge on any atom is -0.439 e. The first-order chi connectivity index (χ1) is 10.1. The Morgan fingerprint density at radius 2 is 2.00 bits per heavy atom. The number of aryl methyl sites for hydroxylation is 2. The number of pyridine rings is 1. The molecule has 1 aromatic heterocycles. The normalized spacial score (nSPS) is 10.2. The molecule has 0 aliphatic carbocycles. The second kappa shape index (κ2) is 6.85. The Bertz CT molecular complexity index is 624. The van der Waals surface area contributed by atoms with E-state index >= 15 is 0 Å². The fourth-order valence-corrected chi connectivity index (χ4v) is 1.78. The topological polar surface area (TPSA) is 63.2 Å². The third kappa shape index (κ3) is 4.29. The SMILES string of the molecule is CNCC(=O)Nc1ccc(Oc2ccc(C)c(C)c2)nc1. The Morgan fingerprint density at radius 3 is 2.62 bits per heavy atom. The number of carbonyl (C=O) groups is 1. The quantitative estimate of drug-likeness (QED) is 0.886. The van der Waals surface area contributed by atoms with E-state index in [0.717, 1.165) is 5.75 Å². The summed E-state index contributed by atoms with van der Waals surface area (Å²) in [6, 6.07) is 9.38. The van der Waals surface area contributed by atoms with E-state index in [4.69, 9.17) is 4.74 Å². The Hall–Kier alpha value is -2.40. The predicted octanol–water partition coefficient (Wildman–Crippen LogP) is 2.65. The van der Waals surface area contributed by atoms with Crippen molar-refractivity contribution in [3.8, 4) is 11.6 Å². The molecule has 0 aliphatic heterocycles. The Labute approximate surface area is 124 Å². The lowest BCUT2D eigenvalue weighted by atomic mass is 10.1. The zero-order chi connectivity index (χ0) is 15.2. The number of hydrogen-bond donors (Lipinski definition) is 2. The van der Waals surface area contributed by atoms with Crippen LogP contribution in [0.25, 0.3) is 0 Å². The molecule has 1 aromatic carbocycles. The Kier molecular flexibility index (Phi) is 4.90. The summed E-state index contributed by atoms with van der Waals surface area (Å²) in [4.78, 5) is 15.6. The molecule has 0 unspecified atom stereocenters. The zero-order valence-electron chi connectivity index (χ0n) is 12.4. The molecule has 0 bridgehead atoms. The van der Waals surface area contributed by atoms with Crippen LogP contribution >= 0.6 is 0 Å². The number of carbonyl (C=O) groups excluding carboxylic acids is 1. The van der Waals surface area contributed by atoms with Crippen molar-refractivity contribution in [2.24, 2.45) is 0 Å². The van der Waals surface area contributed by atoms with E-state index in [9.17, 15) is 4.79 Å². The molecule has 0 aliphatic rings. The number of nitrogens with zero attached hydrogens (tertiary/aromatic N) is 1. The second-order valence-electron chi connectivity index (χ2n) is 4.81. The van der Waals surface area contributed by atoms with Crippen LogP contribution in [-0.4, -0.2) is 24.5 Å². The minimum absolute atomic E-state index is 0.109. The fraction of sp³-hybridized carbons (Fsp3) is 0.250. The Balaban J connectivity index is 2.01. The summed E-state index contributed by atoms with van der Waals surface area (Å²) >= 11 is 0. The Morgan fingerprint density at radius 1 is 1.19 bits per heavy atom. The number of nitrogens with one attached hydrogen (secondary N) is 2. The van der Waals surface area contributed by atoms with Crippen molar-refractivity contribution < 1.29 is 9.53 Å². The lowest BCUT2D eigenvalue weighted by Crippen LogP contribution is -2.25. The van der Waals surface area contributed by atoms with Crippen molar-refractivity contribution in [1.29, 1.82) is 0 Å². The average Bonchev–Trinajstić information content (AvgIpc) is 2.45. The van der Waals surface area contributed by atoms with Crippen molar-refractivity contribution >= 4 is 11.6 Å². The van der Waals surface area contributed by atoms with Crippen LogP contribution in [-0.2, 0) is 4.79 Å². The molecule has 0 saturated heterocycles. The number of ether oxygens (including phenoxy) is 1. The van der Waals surface area contributed by atoms with E-state index in [1.165, 1.54) is 11.1 Å². The van der Waals surface area contributed by atoms with E-state index < -0.39 is 0 Å². The summed E-state index contributed by atoms with van der Waals surface area (Å²) in [5, 5.41) is 5.52. The van der Waals surface area contributed by atoms with Crippen molar-refractivity contribution in [2.75, 3.05) is 18.9 Å². The fourth-order valence-electron chi connectivity index (χ4n) is 1.78. The van der Waals surface area contributed by atoms with Gasteiger partial charge in [0.2, 0.25) is 11.8 Å². The van der Waals surface area contributed by atoms with E-state index in [-0.39, 0.29) is 12.5 Å². The number of rotatable bonds is 5. The van der Waals surface area contributed by atoms with Gasteiger partial charge >= 0.3 is 0 Å². The molecule has 0 radical (unpaired) electrons. The molecular weight excluding hydrogens is 266 g/mol. The summed E-state index contributed by atoms with van der Waals surface area (Å²) in [6.45, 7) is 4.36. The summed E-state index contributed by atoms with van der Waals surface area (Å²) in [7, 11) is 1.72. The first kappa shape index (κ1) is 15.0. The molecular formula is C16H19N3O2. The van der Waals surface area contributed by atoms with E-state index in [1.807, 2.05) is 25.1 Å². The molecule has 0 atom stereocenters. The maximum absolute atomic E-state index is 11.4. The summed E-state index contributed by atoms with van der Waals surface area (Å²) in [6.07, 6.45) is 1.57. The number of anilines is 1. The lowest BCUT2D eigenvalue weighted by molar-refractivity contribution is -0.115. The summed E-state index contributed by atoms with van der Waals surface area (Å²) in [5.41, 5.74) is 3.03. The van der Waals surface area contributed by atoms with Gasteiger partial charge in [-0.2, -0.15) is 0 Å². The van der Waals surface area contributed by atoms with Crippen molar-refractivity contribution in [2.45, 2.75) is 13.8 Å². The van der Waals surface area contributed by atoms with E-state index in [0.29, 0.717) is 11.6 Å². The van der Waals surface area contributed by atoms with Crippen molar-refractivity contribution in [3.05, 3.63) is 47.7 Å². The molecule has 1 heterocycles. The highest BCUT2D eigenvalue weighted by Gasteiger charge is 2.03. The third-order valence-electron chi connectivity index (χ3n) is 3.06. The molecule has 21 heavy (non-hydrogen) atoms. The van der Waals surface area contributed by atoms with Crippen LogP contribution in [0.4, 0.5) is 5.69 Å². The first-order valence-electron chi connectivity index (χ1n) is 6.74. The predicted molar refractivity (Wildman–Crippen MR) is 82.8 cm³/mol. The number of likely N-dealkylation sites (N-methyl/N-ethyl adjacent to an activating group) is 1. The van der Waals surface area contributed by atoms with Gasteiger partial charge < -0.3 is 15.4 Å². The molecule has 5 nitrogen and oxygen atoms in total. The van der Waals surface area contributed by atoms with Gasteiger partial charge in [0.1, 0.15) is 5.75 Å². The van der Waals surface area contributed by atoms with Gasteiger partial charge in [0.15, 0.2) is 0 Å². The van der Waals surface area contributed by atoms with Crippen LogP contribution in [0, 0.1) is 13.8 Å². The molecule has 0 spiro atoms. The number of benzene rings is 1. The van der Waals surface area contributed by atoms with Crippen LogP contribution in [0.15, 0.2) is 36.5 Å². The minimum atomic E-state index is -0.109. The first-order valence-corrected chi connectivity index (χ1v) is 6.74. The maximum atomic E-state index is 11.4. The third-order valence-corrected chi connectivity index (χ3v) is 3.06. The highest BCUT2D eigenvalue weighted by molar-refractivity contribution is 5.92. The van der Waals surface area contributed by atoms with Crippen LogP contribution < -0.4 is 15.4 Å². The van der Waals surface area contributed by atoms with Crippen molar-refractivity contribution in [3.63, 3.8) is 0 Å². The van der Waals surface area contributed by atoms with Gasteiger partial charge in [0.05, 0.1) is 18.4 Å². The second-order valence-corrected chi connectivity index (χ2v) is 4.81. The van der Waals surface area contributed by atoms with Crippen LogP contribution in [0.3, 0.4) is 0 Å². The van der Waals surface area contributed by atoms with Gasteiger partial charge in [-0.3, -0.25) is 4.79 Å². The van der Waals surface area contributed by atoms with Crippen LogP contribution in [0.1, 0.15) is 11.1 Å². The standard InChI is InChI=1S/C16H19N3O2/c1-11-4-6-14(8-12(11)2)21-16-7-5-13(9-18-16)19-15(20)10-17-3/h4-9,17H,10H2,1-3H3,(H,19,20). The van der Waals surface area contributed by atoms with Crippen molar-refractivity contribution in [1.82, 2.24) is 10.3 Å². The molecule has 1 amide bonds. The van der Waals surface area contributed by atoms with Gasteiger partial charge in [-0.05, 0) is 50.2 Å². The van der Waals surface area contributed by atoms with E-state index in [1.54, 1.807) is 25.4 Å². The van der Waals surface area contributed by atoms with Crippen LogP contribution in [0.2, 0.25) is 0 Å². The molecule has 2 aromatic rings. The van der Waals surface area contributed by atoms with Gasteiger partial charge in [0, 0.05) is 6.07 Å². The highest BCUT2D eigenvalue weighted by atomic mass is 16.5. The number of hydrogen-bond acceptors (Lipinski definition) is 4. The molecule has 5 heteroatoms. The van der Waals surface area contributed by atoms with E-state index in [2.05, 4.69) is 22.5 Å². The maximum Gasteiger partial charge on any atom is 0.238 e.